The van der Waals surface area contributed by atoms with Gasteiger partial charge >= 0.3 is 0 Å². The van der Waals surface area contributed by atoms with Crippen LogP contribution in [0.2, 0.25) is 0 Å². The third-order valence-electron chi connectivity index (χ3n) is 3.07. The van der Waals surface area contributed by atoms with Gasteiger partial charge in [-0.25, -0.2) is 12.8 Å². The van der Waals surface area contributed by atoms with Crippen molar-refractivity contribution in [2.45, 2.75) is 24.4 Å². The topological polar surface area (TPSA) is 88.2 Å². The standard InChI is InChI=1S/C15H16FN3O3S/c1-11(15(20)18-10-12-6-8-17-9-7-12)19-23(21,22)14-4-2-13(16)3-5-14/h2-9,11,19H,10H2,1H3,(H,18,20)/t11-/m1/s1. The number of rotatable bonds is 6. The smallest absolute Gasteiger partial charge is 0.241 e. The highest BCUT2D eigenvalue weighted by Crippen LogP contribution is 2.10. The van der Waals surface area contributed by atoms with E-state index in [4.69, 9.17) is 0 Å². The molecular formula is C15H16FN3O3S. The van der Waals surface area contributed by atoms with Crippen LogP contribution in [0.4, 0.5) is 4.39 Å². The van der Waals surface area contributed by atoms with Gasteiger partial charge in [0.1, 0.15) is 5.82 Å². The van der Waals surface area contributed by atoms with Gasteiger partial charge in [-0.05, 0) is 48.9 Å². The number of pyridine rings is 1. The van der Waals surface area contributed by atoms with Gasteiger partial charge in [-0.2, -0.15) is 4.72 Å². The summed E-state index contributed by atoms with van der Waals surface area (Å²) >= 11 is 0. The van der Waals surface area contributed by atoms with E-state index in [2.05, 4.69) is 15.0 Å². The number of aromatic nitrogens is 1. The van der Waals surface area contributed by atoms with Gasteiger partial charge < -0.3 is 5.32 Å². The Morgan fingerprint density at radius 1 is 1.17 bits per heavy atom. The van der Waals surface area contributed by atoms with Gasteiger partial charge in [0.2, 0.25) is 15.9 Å². The summed E-state index contributed by atoms with van der Waals surface area (Å²) in [6, 6.07) is 6.89. The van der Waals surface area contributed by atoms with Gasteiger partial charge in [-0.15, -0.1) is 0 Å². The molecule has 122 valence electrons. The minimum absolute atomic E-state index is 0.104. The molecule has 0 unspecified atom stereocenters. The first kappa shape index (κ1) is 17.0. The van der Waals surface area contributed by atoms with Crippen LogP contribution in [0.15, 0.2) is 53.7 Å². The van der Waals surface area contributed by atoms with E-state index in [1.165, 1.54) is 6.92 Å². The first-order valence-electron chi connectivity index (χ1n) is 6.83. The Hall–Kier alpha value is -2.32. The fraction of sp³-hybridized carbons (Fsp3) is 0.200. The lowest BCUT2D eigenvalue weighted by Crippen LogP contribution is -2.44. The zero-order chi connectivity index (χ0) is 16.9. The third kappa shape index (κ3) is 4.83. The summed E-state index contributed by atoms with van der Waals surface area (Å²) < 4.78 is 39.3. The van der Waals surface area contributed by atoms with Gasteiger partial charge in [0.25, 0.3) is 0 Å². The van der Waals surface area contributed by atoms with Gasteiger partial charge in [0.05, 0.1) is 10.9 Å². The molecule has 0 aliphatic heterocycles. The van der Waals surface area contributed by atoms with E-state index in [9.17, 15) is 17.6 Å². The maximum absolute atomic E-state index is 12.8. The Labute approximate surface area is 133 Å². The lowest BCUT2D eigenvalue weighted by atomic mass is 10.2. The number of amides is 1. The predicted octanol–water partition coefficient (Wildman–Crippen LogP) is 1.20. The van der Waals surface area contributed by atoms with Crippen molar-refractivity contribution in [1.82, 2.24) is 15.0 Å². The molecule has 0 spiro atoms. The molecule has 2 aromatic rings. The number of carbonyl (C=O) groups is 1. The second kappa shape index (κ2) is 7.30. The molecule has 0 saturated heterocycles. The average Bonchev–Trinajstić information content (AvgIpc) is 2.53. The Morgan fingerprint density at radius 3 is 2.39 bits per heavy atom. The second-order valence-electron chi connectivity index (χ2n) is 4.87. The first-order valence-corrected chi connectivity index (χ1v) is 8.31. The highest BCUT2D eigenvalue weighted by molar-refractivity contribution is 7.89. The van der Waals surface area contributed by atoms with Gasteiger partial charge in [-0.1, -0.05) is 0 Å². The van der Waals surface area contributed by atoms with E-state index >= 15 is 0 Å². The first-order chi connectivity index (χ1) is 10.9. The number of sulfonamides is 1. The normalized spacial score (nSPS) is 12.6. The SMILES string of the molecule is C[C@@H](NS(=O)(=O)c1ccc(F)cc1)C(=O)NCc1ccncc1. The summed E-state index contributed by atoms with van der Waals surface area (Å²) in [5.41, 5.74) is 0.849. The molecule has 1 amide bonds. The van der Waals surface area contributed by atoms with Crippen molar-refractivity contribution in [1.29, 1.82) is 0 Å². The second-order valence-corrected chi connectivity index (χ2v) is 6.58. The van der Waals surface area contributed by atoms with Crippen molar-refractivity contribution >= 4 is 15.9 Å². The van der Waals surface area contributed by atoms with E-state index in [1.54, 1.807) is 24.5 Å². The van der Waals surface area contributed by atoms with Crippen molar-refractivity contribution in [3.05, 3.63) is 60.2 Å². The molecule has 0 fully saturated rings. The number of halogens is 1. The van der Waals surface area contributed by atoms with E-state index in [0.717, 1.165) is 29.8 Å². The molecule has 2 N–H and O–H groups in total. The summed E-state index contributed by atoms with van der Waals surface area (Å²) in [6.07, 6.45) is 3.20. The molecule has 0 saturated carbocycles. The van der Waals surface area contributed by atoms with E-state index in [0.29, 0.717) is 0 Å². The number of nitrogens with one attached hydrogen (secondary N) is 2. The zero-order valence-electron chi connectivity index (χ0n) is 12.4. The highest BCUT2D eigenvalue weighted by Gasteiger charge is 2.21. The summed E-state index contributed by atoms with van der Waals surface area (Å²) in [4.78, 5) is 15.7. The largest absolute Gasteiger partial charge is 0.351 e. The Kier molecular flexibility index (Phi) is 5.41. The molecule has 2 rings (SSSR count). The number of carbonyl (C=O) groups excluding carboxylic acids is 1. The van der Waals surface area contributed by atoms with Crippen LogP contribution in [-0.2, 0) is 21.4 Å². The number of hydrogen-bond donors (Lipinski definition) is 2. The average molecular weight is 337 g/mol. The molecule has 6 nitrogen and oxygen atoms in total. The Bertz CT molecular complexity index is 764. The van der Waals surface area contributed by atoms with Gasteiger partial charge in [0, 0.05) is 18.9 Å². The maximum atomic E-state index is 12.8. The van der Waals surface area contributed by atoms with Crippen LogP contribution < -0.4 is 10.0 Å². The van der Waals surface area contributed by atoms with Crippen molar-refractivity contribution in [3.8, 4) is 0 Å². The lowest BCUT2D eigenvalue weighted by molar-refractivity contribution is -0.122. The van der Waals surface area contributed by atoms with Crippen LogP contribution in [-0.4, -0.2) is 25.4 Å². The van der Waals surface area contributed by atoms with Crippen LogP contribution in [0.5, 0.6) is 0 Å². The van der Waals surface area contributed by atoms with Crippen molar-refractivity contribution in [2.24, 2.45) is 0 Å². The van der Waals surface area contributed by atoms with Crippen LogP contribution in [0.3, 0.4) is 0 Å². The van der Waals surface area contributed by atoms with E-state index in [-0.39, 0.29) is 11.4 Å². The summed E-state index contributed by atoms with van der Waals surface area (Å²) in [5, 5.41) is 2.63. The molecule has 0 aliphatic rings. The molecule has 1 aromatic carbocycles. The zero-order valence-corrected chi connectivity index (χ0v) is 13.2. The molecular weight excluding hydrogens is 321 g/mol. The molecule has 0 aliphatic carbocycles. The maximum Gasteiger partial charge on any atom is 0.241 e. The molecule has 1 heterocycles. The molecule has 1 aromatic heterocycles. The fourth-order valence-corrected chi connectivity index (χ4v) is 3.01. The van der Waals surface area contributed by atoms with E-state index in [1.807, 2.05) is 0 Å². The Morgan fingerprint density at radius 2 is 1.78 bits per heavy atom. The molecule has 23 heavy (non-hydrogen) atoms. The molecule has 8 heteroatoms. The molecule has 1 atom stereocenters. The number of nitrogens with zero attached hydrogens (tertiary/aromatic N) is 1. The van der Waals surface area contributed by atoms with Crippen LogP contribution >= 0.6 is 0 Å². The van der Waals surface area contributed by atoms with Crippen molar-refractivity contribution < 1.29 is 17.6 Å². The fourth-order valence-electron chi connectivity index (χ4n) is 1.81. The predicted molar refractivity (Wildman–Crippen MR) is 82.3 cm³/mol. The summed E-state index contributed by atoms with van der Waals surface area (Å²) in [7, 11) is -3.89. The molecule has 0 bridgehead atoms. The van der Waals surface area contributed by atoms with Crippen molar-refractivity contribution in [3.63, 3.8) is 0 Å². The molecule has 0 radical (unpaired) electrons. The Balaban J connectivity index is 1.96. The number of hydrogen-bond acceptors (Lipinski definition) is 4. The van der Waals surface area contributed by atoms with E-state index < -0.39 is 27.8 Å². The number of benzene rings is 1. The summed E-state index contributed by atoms with van der Waals surface area (Å²) in [5.74, 6) is -1.00. The third-order valence-corrected chi connectivity index (χ3v) is 4.62. The summed E-state index contributed by atoms with van der Waals surface area (Å²) in [6.45, 7) is 1.70. The quantitative estimate of drug-likeness (QED) is 0.829. The minimum atomic E-state index is -3.89. The van der Waals surface area contributed by atoms with Crippen LogP contribution in [0, 0.1) is 5.82 Å². The highest BCUT2D eigenvalue weighted by atomic mass is 32.2. The minimum Gasteiger partial charge on any atom is -0.351 e. The van der Waals surface area contributed by atoms with Gasteiger partial charge in [-0.3, -0.25) is 9.78 Å². The monoisotopic (exact) mass is 337 g/mol. The van der Waals surface area contributed by atoms with Crippen molar-refractivity contribution in [2.75, 3.05) is 0 Å². The van der Waals surface area contributed by atoms with Gasteiger partial charge in [0.15, 0.2) is 0 Å². The lowest BCUT2D eigenvalue weighted by Gasteiger charge is -2.14. The van der Waals surface area contributed by atoms with Crippen LogP contribution in [0.25, 0.3) is 0 Å². The van der Waals surface area contributed by atoms with Crippen LogP contribution in [0.1, 0.15) is 12.5 Å².